The van der Waals surface area contributed by atoms with Crippen LogP contribution in [0.4, 0.5) is 13.2 Å². The van der Waals surface area contributed by atoms with E-state index < -0.39 is 39.2 Å². The number of nitrogens with one attached hydrogen (secondary N) is 1. The van der Waals surface area contributed by atoms with Gasteiger partial charge in [0.15, 0.2) is 0 Å². The van der Waals surface area contributed by atoms with Gasteiger partial charge in [0, 0.05) is 5.92 Å². The summed E-state index contributed by atoms with van der Waals surface area (Å²) in [6, 6.07) is 0. The molecule has 8 heteroatoms. The SMILES string of the molecule is O=C(NS(=O)(=O)C1C[C@@H]2CC[C@H]1C2)C1CCCC(C(F)(F)F)C1. The topological polar surface area (TPSA) is 63.2 Å². The van der Waals surface area contributed by atoms with Crippen LogP contribution in [0.3, 0.4) is 0 Å². The lowest BCUT2D eigenvalue weighted by Crippen LogP contribution is -2.44. The zero-order chi connectivity index (χ0) is 16.8. The van der Waals surface area contributed by atoms with Crippen molar-refractivity contribution >= 4 is 15.9 Å². The molecular formula is C15H22F3NO3S. The molecule has 0 aromatic rings. The number of hydrogen-bond donors (Lipinski definition) is 1. The number of alkyl halides is 3. The molecule has 23 heavy (non-hydrogen) atoms. The predicted octanol–water partition coefficient (Wildman–Crippen LogP) is 2.99. The Kier molecular flexibility index (Phi) is 4.40. The molecule has 3 saturated carbocycles. The van der Waals surface area contributed by atoms with E-state index in [4.69, 9.17) is 0 Å². The van der Waals surface area contributed by atoms with Crippen LogP contribution in [0.2, 0.25) is 0 Å². The molecule has 5 atom stereocenters. The fourth-order valence-corrected chi connectivity index (χ4v) is 6.47. The molecule has 1 amide bonds. The lowest BCUT2D eigenvalue weighted by atomic mass is 9.81. The van der Waals surface area contributed by atoms with Gasteiger partial charge in [-0.05, 0) is 50.4 Å². The van der Waals surface area contributed by atoms with Crippen LogP contribution in [0.5, 0.6) is 0 Å². The Morgan fingerprint density at radius 3 is 2.30 bits per heavy atom. The highest BCUT2D eigenvalue weighted by Gasteiger charge is 2.48. The normalized spacial score (nSPS) is 37.8. The number of rotatable bonds is 3. The van der Waals surface area contributed by atoms with Crippen molar-refractivity contribution in [3.05, 3.63) is 0 Å². The van der Waals surface area contributed by atoms with Gasteiger partial charge in [0.1, 0.15) is 0 Å². The van der Waals surface area contributed by atoms with Gasteiger partial charge in [-0.25, -0.2) is 8.42 Å². The van der Waals surface area contributed by atoms with Crippen molar-refractivity contribution in [3.63, 3.8) is 0 Å². The van der Waals surface area contributed by atoms with Gasteiger partial charge in [0.2, 0.25) is 15.9 Å². The molecule has 0 aliphatic heterocycles. The summed E-state index contributed by atoms with van der Waals surface area (Å²) >= 11 is 0. The van der Waals surface area contributed by atoms with E-state index in [1.807, 2.05) is 0 Å². The maximum atomic E-state index is 12.8. The van der Waals surface area contributed by atoms with Crippen LogP contribution in [0.15, 0.2) is 0 Å². The predicted molar refractivity (Wildman–Crippen MR) is 77.8 cm³/mol. The Balaban J connectivity index is 1.62. The summed E-state index contributed by atoms with van der Waals surface area (Å²) in [5.41, 5.74) is 0. The van der Waals surface area contributed by atoms with Crippen LogP contribution >= 0.6 is 0 Å². The lowest BCUT2D eigenvalue weighted by Gasteiger charge is -2.30. The minimum Gasteiger partial charge on any atom is -0.274 e. The highest BCUT2D eigenvalue weighted by atomic mass is 32.2. The van der Waals surface area contributed by atoms with Crippen LogP contribution in [-0.4, -0.2) is 25.8 Å². The summed E-state index contributed by atoms with van der Waals surface area (Å²) in [5, 5.41) is -0.549. The van der Waals surface area contributed by atoms with Gasteiger partial charge < -0.3 is 0 Å². The number of fused-ring (bicyclic) bond motifs is 2. The summed E-state index contributed by atoms with van der Waals surface area (Å²) in [6.07, 6.45) is -0.607. The average molecular weight is 353 g/mol. The van der Waals surface area contributed by atoms with E-state index in [1.54, 1.807) is 0 Å². The molecule has 132 valence electrons. The average Bonchev–Trinajstić information content (AvgIpc) is 3.09. The van der Waals surface area contributed by atoms with E-state index in [2.05, 4.69) is 4.72 Å². The summed E-state index contributed by atoms with van der Waals surface area (Å²) in [6.45, 7) is 0. The number of carbonyl (C=O) groups is 1. The van der Waals surface area contributed by atoms with Gasteiger partial charge in [-0.15, -0.1) is 0 Å². The van der Waals surface area contributed by atoms with Crippen molar-refractivity contribution in [3.8, 4) is 0 Å². The first-order chi connectivity index (χ1) is 10.7. The highest BCUT2D eigenvalue weighted by Crippen LogP contribution is 2.47. The maximum absolute atomic E-state index is 12.8. The zero-order valence-electron chi connectivity index (χ0n) is 12.8. The Bertz CT molecular complexity index is 575. The molecule has 2 bridgehead atoms. The number of sulfonamides is 1. The number of carbonyl (C=O) groups excluding carboxylic acids is 1. The molecule has 0 radical (unpaired) electrons. The van der Waals surface area contributed by atoms with Gasteiger partial charge in [-0.1, -0.05) is 12.8 Å². The monoisotopic (exact) mass is 353 g/mol. The Morgan fingerprint density at radius 2 is 1.74 bits per heavy atom. The molecule has 3 fully saturated rings. The van der Waals surface area contributed by atoms with Gasteiger partial charge in [-0.2, -0.15) is 13.2 Å². The number of halogens is 3. The third-order valence-corrected chi connectivity index (χ3v) is 7.68. The second kappa shape index (κ2) is 5.93. The van der Waals surface area contributed by atoms with E-state index in [-0.39, 0.29) is 18.8 Å². The van der Waals surface area contributed by atoms with Crippen molar-refractivity contribution in [2.75, 3.05) is 0 Å². The number of amides is 1. The summed E-state index contributed by atoms with van der Waals surface area (Å²) in [5.74, 6) is -2.59. The van der Waals surface area contributed by atoms with Crippen LogP contribution in [-0.2, 0) is 14.8 Å². The minimum absolute atomic E-state index is 0.0202. The van der Waals surface area contributed by atoms with Crippen molar-refractivity contribution in [1.29, 1.82) is 0 Å². The minimum atomic E-state index is -4.32. The Labute approximate surface area is 134 Å². The molecule has 0 heterocycles. The summed E-state index contributed by atoms with van der Waals surface area (Å²) in [7, 11) is -3.77. The molecule has 4 nitrogen and oxygen atoms in total. The first-order valence-corrected chi connectivity index (χ1v) is 9.83. The standard InChI is InChI=1S/C15H22F3NO3S/c16-15(17,18)12-3-1-2-11(8-12)14(20)19-23(21,22)13-7-9-4-5-10(13)6-9/h9-13H,1-8H2,(H,19,20)/t9-,10+,11?,12?,13?/m1/s1. The fraction of sp³-hybridized carbons (Fsp3) is 0.933. The van der Waals surface area contributed by atoms with Crippen molar-refractivity contribution in [2.24, 2.45) is 23.7 Å². The van der Waals surface area contributed by atoms with Gasteiger partial charge in [0.25, 0.3) is 0 Å². The van der Waals surface area contributed by atoms with Gasteiger partial charge in [-0.3, -0.25) is 9.52 Å². The molecule has 0 saturated heterocycles. The van der Waals surface area contributed by atoms with E-state index in [1.165, 1.54) is 0 Å². The van der Waals surface area contributed by atoms with Crippen LogP contribution in [0.1, 0.15) is 51.4 Å². The first kappa shape index (κ1) is 17.0. The quantitative estimate of drug-likeness (QED) is 0.848. The second-order valence-electron chi connectivity index (χ2n) is 7.33. The van der Waals surface area contributed by atoms with Crippen molar-refractivity contribution in [2.45, 2.75) is 62.8 Å². The van der Waals surface area contributed by atoms with Crippen LogP contribution in [0.25, 0.3) is 0 Å². The largest absolute Gasteiger partial charge is 0.391 e. The Hall–Kier alpha value is -0.790. The molecule has 3 aliphatic carbocycles. The van der Waals surface area contributed by atoms with Gasteiger partial charge in [0.05, 0.1) is 11.2 Å². The molecule has 0 aromatic heterocycles. The van der Waals surface area contributed by atoms with Gasteiger partial charge >= 0.3 is 6.18 Å². The lowest BCUT2D eigenvalue weighted by molar-refractivity contribution is -0.186. The second-order valence-corrected chi connectivity index (χ2v) is 9.23. The summed E-state index contributed by atoms with van der Waals surface area (Å²) < 4.78 is 65.3. The zero-order valence-corrected chi connectivity index (χ0v) is 13.6. The van der Waals surface area contributed by atoms with E-state index >= 15 is 0 Å². The van der Waals surface area contributed by atoms with E-state index in [0.29, 0.717) is 25.2 Å². The smallest absolute Gasteiger partial charge is 0.274 e. The maximum Gasteiger partial charge on any atom is 0.391 e. The molecule has 0 spiro atoms. The molecule has 3 aliphatic rings. The highest BCUT2D eigenvalue weighted by molar-refractivity contribution is 7.90. The fourth-order valence-electron chi connectivity index (χ4n) is 4.59. The molecule has 3 rings (SSSR count). The Morgan fingerprint density at radius 1 is 1.00 bits per heavy atom. The molecule has 1 N–H and O–H groups in total. The molecule has 0 aromatic carbocycles. The van der Waals surface area contributed by atoms with Crippen molar-refractivity contribution < 1.29 is 26.4 Å². The third-order valence-electron chi connectivity index (χ3n) is 5.82. The summed E-state index contributed by atoms with van der Waals surface area (Å²) in [4.78, 5) is 12.2. The molecule has 3 unspecified atom stereocenters. The van der Waals surface area contributed by atoms with Crippen LogP contribution < -0.4 is 4.72 Å². The van der Waals surface area contributed by atoms with Crippen molar-refractivity contribution in [1.82, 2.24) is 4.72 Å². The van der Waals surface area contributed by atoms with Crippen LogP contribution in [0, 0.1) is 23.7 Å². The third kappa shape index (κ3) is 3.51. The van der Waals surface area contributed by atoms with E-state index in [0.717, 1.165) is 19.3 Å². The first-order valence-electron chi connectivity index (χ1n) is 8.29. The number of hydrogen-bond acceptors (Lipinski definition) is 3. The molecular weight excluding hydrogens is 331 g/mol. The van der Waals surface area contributed by atoms with E-state index in [9.17, 15) is 26.4 Å².